The molecule has 0 bridgehead atoms. The van der Waals surface area contributed by atoms with Crippen molar-refractivity contribution in [3.63, 3.8) is 0 Å². The summed E-state index contributed by atoms with van der Waals surface area (Å²) in [7, 11) is 0. The highest BCUT2D eigenvalue weighted by Crippen LogP contribution is 2.36. The van der Waals surface area contributed by atoms with E-state index in [9.17, 15) is 0 Å². The maximum Gasteiger partial charge on any atom is 0.0314 e. The van der Waals surface area contributed by atoms with Gasteiger partial charge in [-0.2, -0.15) is 0 Å². The number of rotatable bonds is 3. The minimum absolute atomic E-state index is 0.212. The van der Waals surface area contributed by atoms with Crippen LogP contribution in [-0.4, -0.2) is 5.88 Å². The zero-order valence-electron chi connectivity index (χ0n) is 8.16. The smallest absolute Gasteiger partial charge is 0.0314 e. The fourth-order valence-corrected chi connectivity index (χ4v) is 3.29. The third kappa shape index (κ3) is 2.71. The Morgan fingerprint density at radius 1 is 1.54 bits per heavy atom. The zero-order chi connectivity index (χ0) is 10.1. The molecule has 74 valence electrons. The van der Waals surface area contributed by atoms with Crippen molar-refractivity contribution in [2.75, 3.05) is 5.88 Å². The van der Waals surface area contributed by atoms with Crippen molar-refractivity contribution in [2.45, 2.75) is 32.6 Å². The SMILES string of the molecule is Cc1sc(C(C)(C)CCCl)cc1Br. The van der Waals surface area contributed by atoms with Crippen LogP contribution < -0.4 is 0 Å². The van der Waals surface area contributed by atoms with Gasteiger partial charge in [0.2, 0.25) is 0 Å². The lowest BCUT2D eigenvalue weighted by molar-refractivity contribution is 0.520. The highest BCUT2D eigenvalue weighted by molar-refractivity contribution is 9.10. The summed E-state index contributed by atoms with van der Waals surface area (Å²) in [5.41, 5.74) is 0.212. The Morgan fingerprint density at radius 3 is 2.54 bits per heavy atom. The lowest BCUT2D eigenvalue weighted by atomic mass is 9.88. The highest BCUT2D eigenvalue weighted by Gasteiger charge is 2.22. The van der Waals surface area contributed by atoms with Crippen molar-refractivity contribution < 1.29 is 0 Å². The average Bonchev–Trinajstić information content (AvgIpc) is 2.33. The predicted octanol–water partition coefficient (Wildman–Crippen LogP) is 4.73. The van der Waals surface area contributed by atoms with Gasteiger partial charge in [-0.25, -0.2) is 0 Å². The standard InChI is InChI=1S/C10H14BrClS/c1-7-8(11)6-9(13-7)10(2,3)4-5-12/h6H,4-5H2,1-3H3. The van der Waals surface area contributed by atoms with Crippen LogP contribution in [0.2, 0.25) is 0 Å². The molecule has 0 radical (unpaired) electrons. The van der Waals surface area contributed by atoms with E-state index < -0.39 is 0 Å². The van der Waals surface area contributed by atoms with E-state index in [-0.39, 0.29) is 5.41 Å². The zero-order valence-corrected chi connectivity index (χ0v) is 11.3. The molecular formula is C10H14BrClS. The molecule has 1 rings (SSSR count). The van der Waals surface area contributed by atoms with Crippen LogP contribution in [0.1, 0.15) is 30.0 Å². The van der Waals surface area contributed by atoms with Crippen molar-refractivity contribution in [1.82, 2.24) is 0 Å². The van der Waals surface area contributed by atoms with Gasteiger partial charge in [-0.1, -0.05) is 13.8 Å². The number of hydrogen-bond donors (Lipinski definition) is 0. The van der Waals surface area contributed by atoms with Crippen molar-refractivity contribution in [2.24, 2.45) is 0 Å². The van der Waals surface area contributed by atoms with Crippen molar-refractivity contribution in [1.29, 1.82) is 0 Å². The minimum Gasteiger partial charge on any atom is -0.144 e. The van der Waals surface area contributed by atoms with Gasteiger partial charge < -0.3 is 0 Å². The first-order valence-electron chi connectivity index (χ1n) is 4.30. The van der Waals surface area contributed by atoms with Crippen LogP contribution in [0.15, 0.2) is 10.5 Å². The highest BCUT2D eigenvalue weighted by atomic mass is 79.9. The number of thiophene rings is 1. The molecule has 0 aliphatic rings. The van der Waals surface area contributed by atoms with Gasteiger partial charge in [0.15, 0.2) is 0 Å². The quantitative estimate of drug-likeness (QED) is 0.703. The third-order valence-electron chi connectivity index (χ3n) is 2.24. The minimum atomic E-state index is 0.212. The molecule has 0 aliphatic carbocycles. The van der Waals surface area contributed by atoms with Gasteiger partial charge in [-0.05, 0) is 35.3 Å². The second-order valence-corrected chi connectivity index (χ2v) is 6.33. The summed E-state index contributed by atoms with van der Waals surface area (Å²) in [5, 5.41) is 0. The maximum atomic E-state index is 5.78. The molecule has 0 nitrogen and oxygen atoms in total. The van der Waals surface area contributed by atoms with Crippen LogP contribution in [0, 0.1) is 6.92 Å². The molecule has 1 heterocycles. The molecule has 0 spiro atoms. The monoisotopic (exact) mass is 280 g/mol. The fraction of sp³-hybridized carbons (Fsp3) is 0.600. The fourth-order valence-electron chi connectivity index (χ4n) is 1.15. The third-order valence-corrected chi connectivity index (χ3v) is 4.94. The molecule has 0 unspecified atom stereocenters. The summed E-state index contributed by atoms with van der Waals surface area (Å²) in [5.74, 6) is 0.724. The van der Waals surface area contributed by atoms with Crippen LogP contribution in [0.25, 0.3) is 0 Å². The molecule has 0 aliphatic heterocycles. The summed E-state index contributed by atoms with van der Waals surface area (Å²) in [6, 6.07) is 2.21. The van der Waals surface area contributed by atoms with Crippen LogP contribution in [0.4, 0.5) is 0 Å². The molecule has 0 N–H and O–H groups in total. The largest absolute Gasteiger partial charge is 0.144 e. The lowest BCUT2D eigenvalue weighted by Gasteiger charge is -2.21. The van der Waals surface area contributed by atoms with Crippen LogP contribution in [0.3, 0.4) is 0 Å². The average molecular weight is 282 g/mol. The van der Waals surface area contributed by atoms with Gasteiger partial charge in [0.25, 0.3) is 0 Å². The Kier molecular flexibility index (Phi) is 3.84. The van der Waals surface area contributed by atoms with E-state index in [2.05, 4.69) is 42.8 Å². The van der Waals surface area contributed by atoms with E-state index in [1.807, 2.05) is 11.3 Å². The summed E-state index contributed by atoms with van der Waals surface area (Å²) >= 11 is 11.2. The van der Waals surface area contributed by atoms with Gasteiger partial charge in [0, 0.05) is 25.5 Å². The number of hydrogen-bond acceptors (Lipinski definition) is 1. The predicted molar refractivity (Wildman–Crippen MR) is 65.1 cm³/mol. The van der Waals surface area contributed by atoms with Gasteiger partial charge in [0.05, 0.1) is 0 Å². The van der Waals surface area contributed by atoms with Crippen molar-refractivity contribution in [3.8, 4) is 0 Å². The first-order valence-corrected chi connectivity index (χ1v) is 6.44. The number of aryl methyl sites for hydroxylation is 1. The summed E-state index contributed by atoms with van der Waals surface area (Å²) in [6.45, 7) is 6.62. The summed E-state index contributed by atoms with van der Waals surface area (Å²) in [6.07, 6.45) is 1.03. The van der Waals surface area contributed by atoms with Gasteiger partial charge in [-0.3, -0.25) is 0 Å². The van der Waals surface area contributed by atoms with Crippen LogP contribution in [0.5, 0.6) is 0 Å². The topological polar surface area (TPSA) is 0 Å². The first kappa shape index (κ1) is 11.5. The van der Waals surface area contributed by atoms with E-state index in [1.54, 1.807) is 0 Å². The molecule has 0 saturated carbocycles. The molecule has 0 saturated heterocycles. The molecule has 0 fully saturated rings. The van der Waals surface area contributed by atoms with Gasteiger partial charge >= 0.3 is 0 Å². The van der Waals surface area contributed by atoms with Gasteiger partial charge in [0.1, 0.15) is 0 Å². The van der Waals surface area contributed by atoms with Gasteiger partial charge in [-0.15, -0.1) is 22.9 Å². The Labute approximate surface area is 97.4 Å². The molecular weight excluding hydrogens is 268 g/mol. The molecule has 1 aromatic rings. The van der Waals surface area contributed by atoms with Crippen molar-refractivity contribution >= 4 is 38.9 Å². The van der Waals surface area contributed by atoms with E-state index in [0.29, 0.717) is 0 Å². The number of halogens is 2. The Bertz CT molecular complexity index is 272. The Balaban J connectivity index is 2.93. The summed E-state index contributed by atoms with van der Waals surface area (Å²) < 4.78 is 1.22. The van der Waals surface area contributed by atoms with E-state index in [4.69, 9.17) is 11.6 Å². The maximum absolute atomic E-state index is 5.78. The number of alkyl halides is 1. The molecule has 0 aromatic carbocycles. The lowest BCUT2D eigenvalue weighted by Crippen LogP contribution is -2.15. The normalized spacial score (nSPS) is 12.1. The molecule has 13 heavy (non-hydrogen) atoms. The van der Waals surface area contributed by atoms with E-state index in [1.165, 1.54) is 14.2 Å². The van der Waals surface area contributed by atoms with E-state index in [0.717, 1.165) is 12.3 Å². The molecule has 0 amide bonds. The molecule has 3 heteroatoms. The Hall–Kier alpha value is 0.470. The second-order valence-electron chi connectivity index (χ2n) is 3.84. The first-order chi connectivity index (χ1) is 5.97. The second kappa shape index (κ2) is 4.33. The van der Waals surface area contributed by atoms with E-state index >= 15 is 0 Å². The van der Waals surface area contributed by atoms with Crippen molar-refractivity contribution in [3.05, 3.63) is 20.3 Å². The molecule has 1 aromatic heterocycles. The van der Waals surface area contributed by atoms with Crippen LogP contribution in [-0.2, 0) is 5.41 Å². The Morgan fingerprint density at radius 2 is 2.15 bits per heavy atom. The van der Waals surface area contributed by atoms with Crippen LogP contribution >= 0.6 is 38.9 Å². The summed E-state index contributed by atoms with van der Waals surface area (Å²) in [4.78, 5) is 2.76. The molecule has 0 atom stereocenters.